The number of anilines is 2. The van der Waals surface area contributed by atoms with E-state index in [0.717, 1.165) is 48.8 Å². The maximum absolute atomic E-state index is 4.66. The van der Waals surface area contributed by atoms with Gasteiger partial charge >= 0.3 is 0 Å². The first-order valence-electron chi connectivity index (χ1n) is 7.44. The van der Waals surface area contributed by atoms with Gasteiger partial charge in [-0.2, -0.15) is 0 Å². The van der Waals surface area contributed by atoms with Gasteiger partial charge in [-0.25, -0.2) is 9.97 Å². The average molecular weight is 279 g/mol. The Hall–Kier alpha value is -1.36. The Labute approximate surface area is 123 Å². The molecule has 0 amide bonds. The highest BCUT2D eigenvalue weighted by molar-refractivity contribution is 5.57. The van der Waals surface area contributed by atoms with Gasteiger partial charge < -0.3 is 15.5 Å². The molecule has 0 aliphatic heterocycles. The van der Waals surface area contributed by atoms with E-state index in [1.54, 1.807) is 0 Å². The molecule has 20 heavy (non-hydrogen) atoms. The van der Waals surface area contributed by atoms with Crippen LogP contribution in [-0.2, 0) is 6.42 Å². The monoisotopic (exact) mass is 279 g/mol. The van der Waals surface area contributed by atoms with E-state index in [0.29, 0.717) is 6.04 Å². The summed E-state index contributed by atoms with van der Waals surface area (Å²) in [5.74, 6) is 2.79. The van der Waals surface area contributed by atoms with Crippen LogP contribution >= 0.6 is 0 Å². The molecule has 1 atom stereocenters. The van der Waals surface area contributed by atoms with Gasteiger partial charge in [-0.3, -0.25) is 0 Å². The number of nitrogens with zero attached hydrogens (tertiary/aromatic N) is 3. The third kappa shape index (κ3) is 4.96. The predicted octanol–water partition coefficient (Wildman–Crippen LogP) is 2.53. The minimum absolute atomic E-state index is 0.394. The van der Waals surface area contributed by atoms with Gasteiger partial charge in [-0.1, -0.05) is 6.92 Å². The molecule has 0 fully saturated rings. The molecule has 1 heterocycles. The third-order valence-corrected chi connectivity index (χ3v) is 3.29. The van der Waals surface area contributed by atoms with Crippen LogP contribution in [0.15, 0.2) is 0 Å². The summed E-state index contributed by atoms with van der Waals surface area (Å²) in [7, 11) is 6.10. The molecule has 0 aliphatic carbocycles. The quantitative estimate of drug-likeness (QED) is 0.766. The Morgan fingerprint density at radius 1 is 1.20 bits per heavy atom. The summed E-state index contributed by atoms with van der Waals surface area (Å²) < 4.78 is 0. The second kappa shape index (κ2) is 8.04. The number of aryl methyl sites for hydroxylation is 1. The lowest BCUT2D eigenvalue weighted by molar-refractivity contribution is 0.390. The molecule has 0 spiro atoms. The maximum atomic E-state index is 4.66. The van der Waals surface area contributed by atoms with E-state index in [9.17, 15) is 0 Å². The highest BCUT2D eigenvalue weighted by Gasteiger charge is 2.12. The molecule has 1 aromatic rings. The second-order valence-electron chi connectivity index (χ2n) is 5.60. The molecule has 0 saturated carbocycles. The van der Waals surface area contributed by atoms with E-state index in [-0.39, 0.29) is 0 Å². The van der Waals surface area contributed by atoms with Crippen LogP contribution in [0, 0.1) is 6.92 Å². The molecular weight excluding hydrogens is 250 g/mol. The molecule has 0 aromatic carbocycles. The number of rotatable bonds is 8. The Balaban J connectivity index is 2.84. The minimum atomic E-state index is 0.394. The van der Waals surface area contributed by atoms with E-state index in [2.05, 4.69) is 60.4 Å². The lowest BCUT2D eigenvalue weighted by Crippen LogP contribution is -2.24. The summed E-state index contributed by atoms with van der Waals surface area (Å²) in [4.78, 5) is 11.4. The number of hydrogen-bond acceptors (Lipinski definition) is 5. The van der Waals surface area contributed by atoms with E-state index in [1.165, 1.54) is 0 Å². The fourth-order valence-electron chi connectivity index (χ4n) is 2.04. The van der Waals surface area contributed by atoms with Crippen molar-refractivity contribution in [3.8, 4) is 0 Å². The summed E-state index contributed by atoms with van der Waals surface area (Å²) in [6.45, 7) is 7.47. The molecule has 0 aliphatic rings. The smallest absolute Gasteiger partial charge is 0.134 e. The van der Waals surface area contributed by atoms with Gasteiger partial charge in [0.25, 0.3) is 0 Å². The zero-order valence-electron chi connectivity index (χ0n) is 13.7. The molecule has 0 radical (unpaired) electrons. The SMILES string of the molecule is CCCc1nc(NC)c(C)c(NC(C)CCN(C)C)n1. The molecule has 2 N–H and O–H groups in total. The average Bonchev–Trinajstić information content (AvgIpc) is 2.40. The van der Waals surface area contributed by atoms with Crippen LogP contribution in [-0.4, -0.2) is 48.6 Å². The van der Waals surface area contributed by atoms with Gasteiger partial charge in [0.1, 0.15) is 17.5 Å². The van der Waals surface area contributed by atoms with Gasteiger partial charge in [-0.15, -0.1) is 0 Å². The number of aromatic nitrogens is 2. The van der Waals surface area contributed by atoms with Crippen molar-refractivity contribution in [1.29, 1.82) is 0 Å². The van der Waals surface area contributed by atoms with Crippen LogP contribution in [0.25, 0.3) is 0 Å². The van der Waals surface area contributed by atoms with Crippen molar-refractivity contribution in [2.24, 2.45) is 0 Å². The lowest BCUT2D eigenvalue weighted by atomic mass is 10.2. The molecule has 0 bridgehead atoms. The Bertz CT molecular complexity index is 417. The standard InChI is InChI=1S/C15H29N5/c1-7-8-13-18-14(16-4)12(3)15(19-13)17-11(2)9-10-20(5)6/h11H,7-10H2,1-6H3,(H2,16,17,18,19). The topological polar surface area (TPSA) is 53.1 Å². The Kier molecular flexibility index (Phi) is 6.71. The number of nitrogens with one attached hydrogen (secondary N) is 2. The summed E-state index contributed by atoms with van der Waals surface area (Å²) in [5.41, 5.74) is 1.09. The van der Waals surface area contributed by atoms with E-state index < -0.39 is 0 Å². The van der Waals surface area contributed by atoms with Crippen LogP contribution in [0.4, 0.5) is 11.6 Å². The molecular formula is C15H29N5. The van der Waals surface area contributed by atoms with Gasteiger partial charge in [-0.05, 0) is 47.3 Å². The van der Waals surface area contributed by atoms with Gasteiger partial charge in [0.05, 0.1) is 0 Å². The summed E-state index contributed by atoms with van der Waals surface area (Å²) >= 11 is 0. The summed E-state index contributed by atoms with van der Waals surface area (Å²) in [6.07, 6.45) is 3.06. The molecule has 5 nitrogen and oxygen atoms in total. The van der Waals surface area contributed by atoms with Crippen molar-refractivity contribution >= 4 is 11.6 Å². The van der Waals surface area contributed by atoms with Crippen LogP contribution < -0.4 is 10.6 Å². The van der Waals surface area contributed by atoms with Crippen molar-refractivity contribution in [1.82, 2.24) is 14.9 Å². The van der Waals surface area contributed by atoms with E-state index >= 15 is 0 Å². The minimum Gasteiger partial charge on any atom is -0.373 e. The summed E-state index contributed by atoms with van der Waals surface area (Å²) in [5, 5.41) is 6.68. The molecule has 114 valence electrons. The first-order chi connectivity index (χ1) is 9.47. The van der Waals surface area contributed by atoms with Crippen LogP contribution in [0.3, 0.4) is 0 Å². The fourth-order valence-corrected chi connectivity index (χ4v) is 2.04. The first-order valence-corrected chi connectivity index (χ1v) is 7.44. The molecule has 1 unspecified atom stereocenters. The Morgan fingerprint density at radius 2 is 1.85 bits per heavy atom. The summed E-state index contributed by atoms with van der Waals surface area (Å²) in [6, 6.07) is 0.394. The van der Waals surface area contributed by atoms with Crippen molar-refractivity contribution < 1.29 is 0 Å². The van der Waals surface area contributed by atoms with Gasteiger partial charge in [0.2, 0.25) is 0 Å². The van der Waals surface area contributed by atoms with Crippen LogP contribution in [0.5, 0.6) is 0 Å². The van der Waals surface area contributed by atoms with Crippen LogP contribution in [0.1, 0.15) is 38.1 Å². The van der Waals surface area contributed by atoms with Gasteiger partial charge in [0, 0.05) is 25.1 Å². The normalized spacial score (nSPS) is 12.6. The molecule has 1 rings (SSSR count). The van der Waals surface area contributed by atoms with Crippen molar-refractivity contribution in [3.63, 3.8) is 0 Å². The van der Waals surface area contributed by atoms with E-state index in [1.807, 2.05) is 7.05 Å². The lowest BCUT2D eigenvalue weighted by Gasteiger charge is -2.20. The van der Waals surface area contributed by atoms with Crippen molar-refractivity contribution in [3.05, 3.63) is 11.4 Å². The van der Waals surface area contributed by atoms with Crippen molar-refractivity contribution in [2.45, 2.75) is 46.1 Å². The molecule has 1 aromatic heterocycles. The first kappa shape index (κ1) is 16.7. The zero-order valence-corrected chi connectivity index (χ0v) is 13.7. The van der Waals surface area contributed by atoms with Gasteiger partial charge in [0.15, 0.2) is 0 Å². The highest BCUT2D eigenvalue weighted by atomic mass is 15.1. The molecule has 0 saturated heterocycles. The largest absolute Gasteiger partial charge is 0.373 e. The third-order valence-electron chi connectivity index (χ3n) is 3.29. The van der Waals surface area contributed by atoms with Crippen molar-refractivity contribution in [2.75, 3.05) is 38.3 Å². The van der Waals surface area contributed by atoms with E-state index in [4.69, 9.17) is 0 Å². The van der Waals surface area contributed by atoms with Crippen LogP contribution in [0.2, 0.25) is 0 Å². The highest BCUT2D eigenvalue weighted by Crippen LogP contribution is 2.21. The maximum Gasteiger partial charge on any atom is 0.134 e. The Morgan fingerprint density at radius 3 is 2.40 bits per heavy atom. The zero-order chi connectivity index (χ0) is 15.1. The molecule has 5 heteroatoms. The predicted molar refractivity (Wildman–Crippen MR) is 86.6 cm³/mol. The fraction of sp³-hybridized carbons (Fsp3) is 0.733. The second-order valence-corrected chi connectivity index (χ2v) is 5.60. The number of hydrogen-bond donors (Lipinski definition) is 2.